The molecular formula is C2H3F8N2OP3. The second-order valence-corrected chi connectivity index (χ2v) is 5.48. The van der Waals surface area contributed by atoms with Gasteiger partial charge in [0, 0.05) is 4.66 Å². The smallest absolute Gasteiger partial charge is 0.313 e. The van der Waals surface area contributed by atoms with E-state index in [0.29, 0.717) is 0 Å². The molecule has 0 rings (SSSR count). The maximum absolute atomic E-state index is 12.4. The number of nitrogens with zero attached hydrogens (tertiary/aromatic N) is 2. The summed E-state index contributed by atoms with van der Waals surface area (Å²) >= 11 is 0. The van der Waals surface area contributed by atoms with Crippen molar-refractivity contribution in [3.8, 4) is 0 Å². The minimum atomic E-state index is -4.86. The van der Waals surface area contributed by atoms with Crippen molar-refractivity contribution in [1.82, 2.24) is 4.66 Å². The molecule has 16 heavy (non-hydrogen) atoms. The number of rotatable bonds is 5. The van der Waals surface area contributed by atoms with Crippen LogP contribution in [-0.2, 0) is 4.52 Å². The normalized spacial score (nSPS) is 17.1. The summed E-state index contributed by atoms with van der Waals surface area (Å²) in [6, 6.07) is 0. The van der Waals surface area contributed by atoms with E-state index in [9.17, 15) is 34.4 Å². The number of halogens is 8. The van der Waals surface area contributed by atoms with E-state index in [4.69, 9.17) is 0 Å². The minimum Gasteiger partial charge on any atom is -0.313 e. The molecule has 0 radical (unpaired) electrons. The summed E-state index contributed by atoms with van der Waals surface area (Å²) in [4.78, 5) is 0. The van der Waals surface area contributed by atoms with E-state index in [0.717, 1.165) is 0 Å². The molecule has 14 heteroatoms. The van der Waals surface area contributed by atoms with Crippen molar-refractivity contribution in [2.75, 3.05) is 6.61 Å². The Labute approximate surface area is 87.4 Å². The zero-order valence-electron chi connectivity index (χ0n) is 6.93. The highest BCUT2D eigenvalue weighted by Crippen LogP contribution is 2.63. The summed E-state index contributed by atoms with van der Waals surface area (Å²) in [5, 5.41) is 0. The summed E-state index contributed by atoms with van der Waals surface area (Å²) < 4.78 is 97.9. The maximum atomic E-state index is 12.4. The molecule has 0 spiro atoms. The van der Waals surface area contributed by atoms with Crippen LogP contribution in [0.2, 0.25) is 0 Å². The van der Waals surface area contributed by atoms with Crippen LogP contribution in [0.15, 0.2) is 4.52 Å². The van der Waals surface area contributed by atoms with Gasteiger partial charge in [0.2, 0.25) is 8.25 Å². The van der Waals surface area contributed by atoms with E-state index in [1.807, 2.05) is 0 Å². The quantitative estimate of drug-likeness (QED) is 0.390. The van der Waals surface area contributed by atoms with Gasteiger partial charge in [-0.3, -0.25) is 0 Å². The van der Waals surface area contributed by atoms with E-state index in [1.54, 1.807) is 0 Å². The molecule has 0 heterocycles. The Morgan fingerprint density at radius 2 is 1.75 bits per heavy atom. The molecule has 0 fully saturated rings. The van der Waals surface area contributed by atoms with Gasteiger partial charge in [0.25, 0.3) is 0 Å². The SMILES string of the molecule is FN(P(F)F)P(F)/N=[PH](\F)OCC(F)(F)F. The van der Waals surface area contributed by atoms with Crippen molar-refractivity contribution in [2.24, 2.45) is 4.52 Å². The van der Waals surface area contributed by atoms with Crippen molar-refractivity contribution in [3.63, 3.8) is 0 Å². The molecule has 0 aromatic carbocycles. The van der Waals surface area contributed by atoms with Gasteiger partial charge < -0.3 is 4.52 Å². The van der Waals surface area contributed by atoms with Crippen molar-refractivity contribution in [2.45, 2.75) is 6.18 Å². The molecule has 0 N–H and O–H groups in total. The number of alkyl halides is 3. The molecule has 2 atom stereocenters. The average molecular weight is 316 g/mol. The van der Waals surface area contributed by atoms with Crippen LogP contribution in [0.4, 0.5) is 34.4 Å². The lowest BCUT2D eigenvalue weighted by atomic mass is 10.7. The second kappa shape index (κ2) is 7.01. The van der Waals surface area contributed by atoms with Crippen LogP contribution in [0.25, 0.3) is 0 Å². The summed E-state index contributed by atoms with van der Waals surface area (Å²) in [5.41, 5.74) is 0. The van der Waals surface area contributed by atoms with Gasteiger partial charge in [0.05, 0.1) is 0 Å². The van der Waals surface area contributed by atoms with Gasteiger partial charge >= 0.3 is 23.4 Å². The molecule has 98 valence electrons. The predicted molar refractivity (Wildman–Crippen MR) is 44.0 cm³/mol. The van der Waals surface area contributed by atoms with Crippen LogP contribution in [0, 0.1) is 0 Å². The summed E-state index contributed by atoms with van der Waals surface area (Å²) in [7, 11) is -12.6. The van der Waals surface area contributed by atoms with Gasteiger partial charge in [0.1, 0.15) is 0 Å². The maximum Gasteiger partial charge on any atom is 0.412 e. The lowest BCUT2D eigenvalue weighted by Gasteiger charge is -2.09. The van der Waals surface area contributed by atoms with Gasteiger partial charge in [-0.2, -0.15) is 34.5 Å². The van der Waals surface area contributed by atoms with Gasteiger partial charge in [-0.15, -0.1) is 4.48 Å². The fourth-order valence-corrected chi connectivity index (χ4v) is 2.46. The summed E-state index contributed by atoms with van der Waals surface area (Å²) in [6.45, 7) is -2.04. The molecule has 3 nitrogen and oxygen atoms in total. The molecule has 0 aromatic rings. The highest BCUT2D eigenvalue weighted by Gasteiger charge is 2.31. The van der Waals surface area contributed by atoms with Crippen molar-refractivity contribution >= 4 is 25.5 Å². The topological polar surface area (TPSA) is 24.8 Å². The van der Waals surface area contributed by atoms with E-state index < -0.39 is 42.9 Å². The average Bonchev–Trinajstić information content (AvgIpc) is 2.12. The Kier molecular flexibility index (Phi) is 7.21. The Hall–Kier alpha value is 0.450. The van der Waals surface area contributed by atoms with Crippen LogP contribution in [0.3, 0.4) is 0 Å². The van der Waals surface area contributed by atoms with E-state index in [2.05, 4.69) is 9.04 Å². The first-order chi connectivity index (χ1) is 7.13. The number of hydrogen-bond acceptors (Lipinski definition) is 3. The molecule has 0 aliphatic heterocycles. The molecule has 0 amide bonds. The van der Waals surface area contributed by atoms with Crippen molar-refractivity contribution in [3.05, 3.63) is 0 Å². The van der Waals surface area contributed by atoms with Gasteiger partial charge in [-0.1, -0.05) is 0 Å². The first-order valence-electron chi connectivity index (χ1n) is 3.10. The first-order valence-corrected chi connectivity index (χ1v) is 6.55. The Bertz CT molecular complexity index is 246. The lowest BCUT2D eigenvalue weighted by Crippen LogP contribution is -2.13. The highest BCUT2D eigenvalue weighted by atomic mass is 31.3. The van der Waals surface area contributed by atoms with Gasteiger partial charge in [-0.05, 0) is 0 Å². The monoisotopic (exact) mass is 316 g/mol. The summed E-state index contributed by atoms with van der Waals surface area (Å²) in [6.07, 6.45) is -4.86. The van der Waals surface area contributed by atoms with Crippen molar-refractivity contribution < 1.29 is 39.0 Å². The first kappa shape index (κ1) is 16.4. The Balaban J connectivity index is 4.21. The molecule has 0 saturated heterocycles. The van der Waals surface area contributed by atoms with Crippen LogP contribution < -0.4 is 0 Å². The second-order valence-electron chi connectivity index (χ2n) is 1.95. The fraction of sp³-hybridized carbons (Fsp3) is 1.00. The largest absolute Gasteiger partial charge is 0.412 e. The van der Waals surface area contributed by atoms with Gasteiger partial charge in [-0.25, -0.2) is 0 Å². The third-order valence-electron chi connectivity index (χ3n) is 0.777. The zero-order valence-corrected chi connectivity index (χ0v) is 9.72. The lowest BCUT2D eigenvalue weighted by molar-refractivity contribution is -0.152. The van der Waals surface area contributed by atoms with Crippen LogP contribution >= 0.6 is 25.5 Å². The summed E-state index contributed by atoms with van der Waals surface area (Å²) in [5.74, 6) is 0. The molecule has 0 saturated carbocycles. The Morgan fingerprint density at radius 3 is 2.12 bits per heavy atom. The standard InChI is InChI=1S/C2H3F8N2OP3/c3-2(4,5)1-13-16(10)11-15(9)12(6)14(7)8/h16H,1H2. The molecular weight excluding hydrogens is 313 g/mol. The van der Waals surface area contributed by atoms with Crippen LogP contribution in [0.1, 0.15) is 0 Å². The molecule has 0 aromatic heterocycles. The van der Waals surface area contributed by atoms with Crippen LogP contribution in [-0.4, -0.2) is 17.4 Å². The van der Waals surface area contributed by atoms with Gasteiger partial charge in [0.15, 0.2) is 6.61 Å². The third kappa shape index (κ3) is 7.68. The van der Waals surface area contributed by atoms with Crippen LogP contribution in [0.5, 0.6) is 0 Å². The zero-order chi connectivity index (χ0) is 12.9. The third-order valence-corrected chi connectivity index (χ3v) is 3.82. The fourth-order valence-electron chi connectivity index (χ4n) is 0.328. The molecule has 2 unspecified atom stereocenters. The minimum absolute atomic E-state index is 1.63. The molecule has 0 aliphatic carbocycles. The highest BCUT2D eigenvalue weighted by molar-refractivity contribution is 7.64. The van der Waals surface area contributed by atoms with Crippen molar-refractivity contribution in [1.29, 1.82) is 0 Å². The molecule has 0 bridgehead atoms. The van der Waals surface area contributed by atoms with E-state index in [1.165, 1.54) is 0 Å². The van der Waals surface area contributed by atoms with E-state index >= 15 is 0 Å². The Morgan fingerprint density at radius 1 is 1.25 bits per heavy atom. The molecule has 0 aliphatic rings. The predicted octanol–water partition coefficient (Wildman–Crippen LogP) is 5.31. The number of hydrogen-bond donors (Lipinski definition) is 0. The van der Waals surface area contributed by atoms with E-state index in [-0.39, 0.29) is 0 Å².